The van der Waals surface area contributed by atoms with Crippen molar-refractivity contribution in [3.63, 3.8) is 0 Å². The molecule has 0 saturated carbocycles. The average Bonchev–Trinajstić information content (AvgIpc) is 2.72. The van der Waals surface area contributed by atoms with Gasteiger partial charge in [-0.3, -0.25) is 0 Å². The second kappa shape index (κ2) is 5.38. The standard InChI is InChI=1S/C13H17N3S/c1-10-11(8-14-2)9-16(15-10)12-5-4-6-13(7-12)17-3/h4-7,9,14H,8H2,1-3H3. The van der Waals surface area contributed by atoms with Crippen LogP contribution in [0.25, 0.3) is 5.69 Å². The molecular weight excluding hydrogens is 230 g/mol. The normalized spacial score (nSPS) is 10.8. The highest BCUT2D eigenvalue weighted by molar-refractivity contribution is 7.98. The van der Waals surface area contributed by atoms with Gasteiger partial charge in [-0.05, 0) is 38.4 Å². The molecule has 0 aliphatic carbocycles. The van der Waals surface area contributed by atoms with Crippen molar-refractivity contribution in [3.05, 3.63) is 41.7 Å². The van der Waals surface area contributed by atoms with Gasteiger partial charge in [-0.2, -0.15) is 5.10 Å². The van der Waals surface area contributed by atoms with Crippen molar-refractivity contribution in [3.8, 4) is 5.69 Å². The molecule has 3 nitrogen and oxygen atoms in total. The van der Waals surface area contributed by atoms with Crippen LogP contribution in [0.15, 0.2) is 35.4 Å². The van der Waals surface area contributed by atoms with Crippen LogP contribution in [0.3, 0.4) is 0 Å². The van der Waals surface area contributed by atoms with Crippen molar-refractivity contribution in [2.45, 2.75) is 18.4 Å². The van der Waals surface area contributed by atoms with E-state index in [0.717, 1.165) is 17.9 Å². The Bertz CT molecular complexity index is 505. The molecule has 0 saturated heterocycles. The van der Waals surface area contributed by atoms with E-state index in [1.54, 1.807) is 11.8 Å². The minimum Gasteiger partial charge on any atom is -0.316 e. The Balaban J connectivity index is 2.35. The van der Waals surface area contributed by atoms with Crippen molar-refractivity contribution in [1.29, 1.82) is 0 Å². The molecule has 0 spiro atoms. The number of rotatable bonds is 4. The number of thioether (sulfide) groups is 1. The van der Waals surface area contributed by atoms with Gasteiger partial charge in [0.05, 0.1) is 11.4 Å². The van der Waals surface area contributed by atoms with Gasteiger partial charge in [0, 0.05) is 23.2 Å². The van der Waals surface area contributed by atoms with Gasteiger partial charge in [0.2, 0.25) is 0 Å². The molecule has 0 fully saturated rings. The van der Waals surface area contributed by atoms with Crippen molar-refractivity contribution in [2.24, 2.45) is 0 Å². The third kappa shape index (κ3) is 2.70. The van der Waals surface area contributed by atoms with Crippen LogP contribution < -0.4 is 5.32 Å². The third-order valence-electron chi connectivity index (χ3n) is 2.69. The number of aromatic nitrogens is 2. The van der Waals surface area contributed by atoms with Gasteiger partial charge < -0.3 is 5.32 Å². The largest absolute Gasteiger partial charge is 0.316 e. The monoisotopic (exact) mass is 247 g/mol. The third-order valence-corrected chi connectivity index (χ3v) is 3.41. The van der Waals surface area contributed by atoms with Crippen molar-refractivity contribution in [1.82, 2.24) is 15.1 Å². The summed E-state index contributed by atoms with van der Waals surface area (Å²) in [4.78, 5) is 1.26. The molecule has 1 aromatic carbocycles. The van der Waals surface area contributed by atoms with Crippen LogP contribution in [-0.2, 0) is 6.54 Å². The molecule has 0 aliphatic heterocycles. The molecule has 2 aromatic rings. The Morgan fingerprint density at radius 2 is 2.24 bits per heavy atom. The summed E-state index contributed by atoms with van der Waals surface area (Å²) in [6.07, 6.45) is 4.17. The van der Waals surface area contributed by atoms with E-state index >= 15 is 0 Å². The average molecular weight is 247 g/mol. The zero-order valence-corrected chi connectivity index (χ0v) is 11.2. The Morgan fingerprint density at radius 1 is 1.41 bits per heavy atom. The summed E-state index contributed by atoms with van der Waals surface area (Å²) in [5.74, 6) is 0. The predicted molar refractivity (Wildman–Crippen MR) is 72.8 cm³/mol. The van der Waals surface area contributed by atoms with E-state index in [1.165, 1.54) is 10.5 Å². The molecule has 90 valence electrons. The first-order chi connectivity index (χ1) is 8.24. The van der Waals surface area contributed by atoms with Gasteiger partial charge in [-0.1, -0.05) is 6.07 Å². The summed E-state index contributed by atoms with van der Waals surface area (Å²) < 4.78 is 1.95. The molecule has 0 aliphatic rings. The second-order valence-electron chi connectivity index (χ2n) is 3.92. The van der Waals surface area contributed by atoms with Gasteiger partial charge >= 0.3 is 0 Å². The first-order valence-corrected chi connectivity index (χ1v) is 6.81. The lowest BCUT2D eigenvalue weighted by molar-refractivity contribution is 0.812. The Morgan fingerprint density at radius 3 is 2.94 bits per heavy atom. The quantitative estimate of drug-likeness (QED) is 0.842. The van der Waals surface area contributed by atoms with Crippen molar-refractivity contribution in [2.75, 3.05) is 13.3 Å². The second-order valence-corrected chi connectivity index (χ2v) is 4.80. The number of hydrogen-bond donors (Lipinski definition) is 1. The topological polar surface area (TPSA) is 29.9 Å². The van der Waals surface area contributed by atoms with Crippen LogP contribution in [0, 0.1) is 6.92 Å². The molecule has 0 bridgehead atoms. The number of aryl methyl sites for hydroxylation is 1. The number of benzene rings is 1. The number of nitrogens with one attached hydrogen (secondary N) is 1. The maximum Gasteiger partial charge on any atom is 0.0656 e. The molecule has 1 N–H and O–H groups in total. The smallest absolute Gasteiger partial charge is 0.0656 e. The molecule has 17 heavy (non-hydrogen) atoms. The first kappa shape index (κ1) is 12.2. The minimum atomic E-state index is 0.855. The summed E-state index contributed by atoms with van der Waals surface area (Å²) in [6.45, 7) is 2.90. The fourth-order valence-electron chi connectivity index (χ4n) is 1.74. The lowest BCUT2D eigenvalue weighted by Crippen LogP contribution is -2.05. The highest BCUT2D eigenvalue weighted by atomic mass is 32.2. The summed E-state index contributed by atoms with van der Waals surface area (Å²) in [5, 5.41) is 7.70. The van der Waals surface area contributed by atoms with Crippen LogP contribution in [-0.4, -0.2) is 23.1 Å². The van der Waals surface area contributed by atoms with Crippen molar-refractivity contribution < 1.29 is 0 Å². The molecule has 2 rings (SSSR count). The molecule has 1 aromatic heterocycles. The SMILES string of the molecule is CNCc1cn(-c2cccc(SC)c2)nc1C. The maximum atomic E-state index is 4.54. The van der Waals surface area contributed by atoms with E-state index < -0.39 is 0 Å². The van der Waals surface area contributed by atoms with Crippen LogP contribution >= 0.6 is 11.8 Å². The predicted octanol–water partition coefficient (Wildman–Crippen LogP) is 2.62. The molecule has 0 atom stereocenters. The van der Waals surface area contributed by atoms with Gasteiger partial charge in [0.1, 0.15) is 0 Å². The molecular formula is C13H17N3S. The van der Waals surface area contributed by atoms with E-state index in [9.17, 15) is 0 Å². The maximum absolute atomic E-state index is 4.54. The highest BCUT2D eigenvalue weighted by Crippen LogP contribution is 2.19. The molecule has 4 heteroatoms. The summed E-state index contributed by atoms with van der Waals surface area (Å²) >= 11 is 1.75. The summed E-state index contributed by atoms with van der Waals surface area (Å²) in [7, 11) is 1.95. The lowest BCUT2D eigenvalue weighted by atomic mass is 10.2. The molecule has 0 radical (unpaired) electrons. The number of hydrogen-bond acceptors (Lipinski definition) is 3. The Hall–Kier alpha value is -1.26. The molecule has 0 unspecified atom stereocenters. The minimum absolute atomic E-state index is 0.855. The zero-order valence-electron chi connectivity index (χ0n) is 10.4. The van der Waals surface area contributed by atoms with Gasteiger partial charge in [-0.25, -0.2) is 4.68 Å². The number of nitrogens with zero attached hydrogens (tertiary/aromatic N) is 2. The van der Waals surface area contributed by atoms with Gasteiger partial charge in [0.15, 0.2) is 0 Å². The first-order valence-electron chi connectivity index (χ1n) is 5.58. The van der Waals surface area contributed by atoms with Gasteiger partial charge in [0.25, 0.3) is 0 Å². The van der Waals surface area contributed by atoms with E-state index in [-0.39, 0.29) is 0 Å². The van der Waals surface area contributed by atoms with E-state index in [4.69, 9.17) is 0 Å². The summed E-state index contributed by atoms with van der Waals surface area (Å²) in [5.41, 5.74) is 3.43. The van der Waals surface area contributed by atoms with E-state index in [1.807, 2.05) is 18.7 Å². The van der Waals surface area contributed by atoms with Crippen LogP contribution in [0.1, 0.15) is 11.3 Å². The van der Waals surface area contributed by atoms with Gasteiger partial charge in [-0.15, -0.1) is 11.8 Å². The van der Waals surface area contributed by atoms with Crippen LogP contribution in [0.2, 0.25) is 0 Å². The zero-order chi connectivity index (χ0) is 12.3. The Labute approximate surface area is 106 Å². The summed E-state index contributed by atoms with van der Waals surface area (Å²) in [6, 6.07) is 8.41. The highest BCUT2D eigenvalue weighted by Gasteiger charge is 2.05. The van der Waals surface area contributed by atoms with Crippen LogP contribution in [0.4, 0.5) is 0 Å². The van der Waals surface area contributed by atoms with E-state index in [2.05, 4.69) is 47.1 Å². The van der Waals surface area contributed by atoms with Crippen LogP contribution in [0.5, 0.6) is 0 Å². The molecule has 0 amide bonds. The Kier molecular flexibility index (Phi) is 3.86. The van der Waals surface area contributed by atoms with Crippen molar-refractivity contribution >= 4 is 11.8 Å². The fraction of sp³-hybridized carbons (Fsp3) is 0.308. The lowest BCUT2D eigenvalue weighted by Gasteiger charge is -2.02. The fourth-order valence-corrected chi connectivity index (χ4v) is 2.20. The molecule has 1 heterocycles. The van der Waals surface area contributed by atoms with E-state index in [0.29, 0.717) is 0 Å².